The van der Waals surface area contributed by atoms with Gasteiger partial charge in [-0.1, -0.05) is 6.08 Å². The van der Waals surface area contributed by atoms with E-state index in [9.17, 15) is 9.90 Å². The Kier molecular flexibility index (Phi) is 2.59. The largest absolute Gasteiger partial charge is 0.382 e. The van der Waals surface area contributed by atoms with E-state index in [0.29, 0.717) is 6.42 Å². The van der Waals surface area contributed by atoms with Crippen molar-refractivity contribution in [3.8, 4) is 0 Å². The Labute approximate surface area is 55.2 Å². The smallest absolute Gasteiger partial charge is 0.161 e. The van der Waals surface area contributed by atoms with Crippen LogP contribution in [0.15, 0.2) is 12.7 Å². The number of carbonyl (C=O) groups is 1. The maximum absolute atomic E-state index is 10.6. The Hall–Kier alpha value is -0.630. The van der Waals surface area contributed by atoms with Crippen LogP contribution in [-0.4, -0.2) is 16.5 Å². The van der Waals surface area contributed by atoms with Gasteiger partial charge in [0.2, 0.25) is 0 Å². The average Bonchev–Trinajstić information content (AvgIpc) is 1.65. The first-order valence-corrected chi connectivity index (χ1v) is 2.85. The zero-order valence-electron chi connectivity index (χ0n) is 5.85. The third-order valence-electron chi connectivity index (χ3n) is 1.30. The van der Waals surface area contributed by atoms with Gasteiger partial charge in [-0.05, 0) is 13.8 Å². The molecule has 0 aromatic rings. The van der Waals surface area contributed by atoms with Crippen molar-refractivity contribution >= 4 is 5.78 Å². The van der Waals surface area contributed by atoms with E-state index in [1.807, 2.05) is 0 Å². The van der Waals surface area contributed by atoms with E-state index in [1.54, 1.807) is 0 Å². The minimum Gasteiger partial charge on any atom is -0.382 e. The SMILES string of the molecule is C=CC[C@@](C)(O)C(C)=O. The first-order chi connectivity index (χ1) is 4.00. The van der Waals surface area contributed by atoms with Gasteiger partial charge >= 0.3 is 0 Å². The van der Waals surface area contributed by atoms with Gasteiger partial charge in [0.15, 0.2) is 5.78 Å². The average molecular weight is 128 g/mol. The van der Waals surface area contributed by atoms with E-state index in [0.717, 1.165) is 0 Å². The standard InChI is InChI=1S/C7H12O2/c1-4-5-7(3,9)6(2)8/h4,9H,1,5H2,2-3H3/t7-/m1/s1. The van der Waals surface area contributed by atoms with Crippen LogP contribution >= 0.6 is 0 Å². The Morgan fingerprint density at radius 2 is 2.33 bits per heavy atom. The van der Waals surface area contributed by atoms with Crippen molar-refractivity contribution in [3.05, 3.63) is 12.7 Å². The molecule has 0 aromatic carbocycles. The second-order valence-corrected chi connectivity index (χ2v) is 2.32. The van der Waals surface area contributed by atoms with Gasteiger partial charge in [-0.15, -0.1) is 6.58 Å². The van der Waals surface area contributed by atoms with Crippen LogP contribution in [0.3, 0.4) is 0 Å². The zero-order valence-corrected chi connectivity index (χ0v) is 5.85. The first-order valence-electron chi connectivity index (χ1n) is 2.85. The molecule has 2 heteroatoms. The zero-order chi connectivity index (χ0) is 7.49. The van der Waals surface area contributed by atoms with Crippen LogP contribution in [0, 0.1) is 0 Å². The molecule has 0 bridgehead atoms. The Balaban J connectivity index is 4.00. The minimum absolute atomic E-state index is 0.220. The van der Waals surface area contributed by atoms with Crippen molar-refractivity contribution in [2.24, 2.45) is 0 Å². The maximum atomic E-state index is 10.6. The highest BCUT2D eigenvalue weighted by molar-refractivity contribution is 5.84. The van der Waals surface area contributed by atoms with Crippen LogP contribution in [0.2, 0.25) is 0 Å². The first kappa shape index (κ1) is 8.37. The molecule has 0 unspecified atom stereocenters. The lowest BCUT2D eigenvalue weighted by atomic mass is 9.98. The summed E-state index contributed by atoms with van der Waals surface area (Å²) in [5.41, 5.74) is -1.21. The number of ketones is 1. The van der Waals surface area contributed by atoms with Gasteiger partial charge < -0.3 is 5.11 Å². The third kappa shape index (κ3) is 2.42. The van der Waals surface area contributed by atoms with Gasteiger partial charge in [0, 0.05) is 6.42 Å². The monoisotopic (exact) mass is 128 g/mol. The Morgan fingerprint density at radius 3 is 2.44 bits per heavy atom. The minimum atomic E-state index is -1.21. The van der Waals surface area contributed by atoms with E-state index in [-0.39, 0.29) is 5.78 Å². The molecular formula is C7H12O2. The summed E-state index contributed by atoms with van der Waals surface area (Å²) in [5, 5.41) is 9.17. The molecule has 2 nitrogen and oxygen atoms in total. The molecule has 0 radical (unpaired) electrons. The van der Waals surface area contributed by atoms with Crippen molar-refractivity contribution in [2.45, 2.75) is 25.9 Å². The molecule has 0 saturated carbocycles. The van der Waals surface area contributed by atoms with E-state index in [2.05, 4.69) is 6.58 Å². The highest BCUT2D eigenvalue weighted by Gasteiger charge is 2.23. The molecule has 9 heavy (non-hydrogen) atoms. The summed E-state index contributed by atoms with van der Waals surface area (Å²) in [5.74, 6) is -0.220. The van der Waals surface area contributed by atoms with Gasteiger partial charge in [-0.2, -0.15) is 0 Å². The molecule has 0 heterocycles. The van der Waals surface area contributed by atoms with E-state index in [1.165, 1.54) is 19.9 Å². The Bertz CT molecular complexity index is 125. The molecule has 0 spiro atoms. The summed E-state index contributed by atoms with van der Waals surface area (Å²) in [7, 11) is 0. The van der Waals surface area contributed by atoms with Crippen molar-refractivity contribution < 1.29 is 9.90 Å². The molecule has 0 aliphatic heterocycles. The predicted octanol–water partition coefficient (Wildman–Crippen LogP) is 0.902. The summed E-state index contributed by atoms with van der Waals surface area (Å²) in [6.45, 7) is 6.26. The van der Waals surface area contributed by atoms with E-state index in [4.69, 9.17) is 0 Å². The second kappa shape index (κ2) is 2.78. The Morgan fingerprint density at radius 1 is 1.89 bits per heavy atom. The molecule has 1 atom stereocenters. The molecule has 0 saturated heterocycles. The highest BCUT2D eigenvalue weighted by Crippen LogP contribution is 2.09. The molecule has 0 rings (SSSR count). The van der Waals surface area contributed by atoms with Crippen molar-refractivity contribution in [3.63, 3.8) is 0 Å². The fraction of sp³-hybridized carbons (Fsp3) is 0.571. The maximum Gasteiger partial charge on any atom is 0.161 e. The van der Waals surface area contributed by atoms with Gasteiger partial charge in [0.1, 0.15) is 5.60 Å². The fourth-order valence-electron chi connectivity index (χ4n) is 0.425. The predicted molar refractivity (Wildman–Crippen MR) is 36.1 cm³/mol. The number of rotatable bonds is 3. The molecule has 0 aliphatic carbocycles. The quantitative estimate of drug-likeness (QED) is 0.573. The fourth-order valence-corrected chi connectivity index (χ4v) is 0.425. The van der Waals surface area contributed by atoms with Crippen LogP contribution in [0.25, 0.3) is 0 Å². The van der Waals surface area contributed by atoms with Crippen LogP contribution in [0.4, 0.5) is 0 Å². The van der Waals surface area contributed by atoms with Gasteiger partial charge in [-0.25, -0.2) is 0 Å². The summed E-state index contributed by atoms with van der Waals surface area (Å²) in [6.07, 6.45) is 1.85. The van der Waals surface area contributed by atoms with Crippen LogP contribution in [-0.2, 0) is 4.79 Å². The van der Waals surface area contributed by atoms with Gasteiger partial charge in [-0.3, -0.25) is 4.79 Å². The third-order valence-corrected chi connectivity index (χ3v) is 1.30. The van der Waals surface area contributed by atoms with Crippen LogP contribution in [0.5, 0.6) is 0 Å². The van der Waals surface area contributed by atoms with E-state index < -0.39 is 5.60 Å². The number of hydrogen-bond acceptors (Lipinski definition) is 2. The van der Waals surface area contributed by atoms with Crippen molar-refractivity contribution in [1.82, 2.24) is 0 Å². The molecule has 52 valence electrons. The molecular weight excluding hydrogens is 116 g/mol. The lowest BCUT2D eigenvalue weighted by Crippen LogP contribution is -2.31. The normalized spacial score (nSPS) is 16.3. The van der Waals surface area contributed by atoms with Gasteiger partial charge in [0.05, 0.1) is 0 Å². The lowest BCUT2D eigenvalue weighted by molar-refractivity contribution is -0.132. The topological polar surface area (TPSA) is 37.3 Å². The second-order valence-electron chi connectivity index (χ2n) is 2.32. The van der Waals surface area contributed by atoms with Crippen molar-refractivity contribution in [1.29, 1.82) is 0 Å². The van der Waals surface area contributed by atoms with Crippen LogP contribution in [0.1, 0.15) is 20.3 Å². The number of hydrogen-bond donors (Lipinski definition) is 1. The van der Waals surface area contributed by atoms with Gasteiger partial charge in [0.25, 0.3) is 0 Å². The summed E-state index contributed by atoms with van der Waals surface area (Å²) in [6, 6.07) is 0. The van der Waals surface area contributed by atoms with Crippen LogP contribution < -0.4 is 0 Å². The molecule has 0 amide bonds. The number of aliphatic hydroxyl groups is 1. The number of carbonyl (C=O) groups excluding carboxylic acids is 1. The summed E-state index contributed by atoms with van der Waals surface area (Å²) >= 11 is 0. The van der Waals surface area contributed by atoms with E-state index >= 15 is 0 Å². The summed E-state index contributed by atoms with van der Waals surface area (Å²) in [4.78, 5) is 10.6. The van der Waals surface area contributed by atoms with Crippen molar-refractivity contribution in [2.75, 3.05) is 0 Å². The molecule has 0 aromatic heterocycles. The summed E-state index contributed by atoms with van der Waals surface area (Å²) < 4.78 is 0. The molecule has 0 fully saturated rings. The highest BCUT2D eigenvalue weighted by atomic mass is 16.3. The molecule has 0 aliphatic rings. The molecule has 1 N–H and O–H groups in total. The lowest BCUT2D eigenvalue weighted by Gasteiger charge is -2.16. The number of Topliss-reactive ketones (excluding diaryl/α,β-unsaturated/α-hetero) is 1.